The van der Waals surface area contributed by atoms with Crippen molar-refractivity contribution in [1.82, 2.24) is 4.90 Å². The zero-order chi connectivity index (χ0) is 38.0. The third kappa shape index (κ3) is 6.69. The van der Waals surface area contributed by atoms with Crippen LogP contribution in [0.1, 0.15) is 97.5 Å². The Balaban J connectivity index is 1.68. The zero-order valence-electron chi connectivity index (χ0n) is 32.7. The van der Waals surface area contributed by atoms with Crippen LogP contribution in [-0.4, -0.2) is 97.5 Å². The molecule has 0 spiro atoms. The predicted octanol–water partition coefficient (Wildman–Crippen LogP) is 6.25. The minimum atomic E-state index is -2.49. The van der Waals surface area contributed by atoms with Gasteiger partial charge in [0.2, 0.25) is 0 Å². The Bertz CT molecular complexity index is 1530. The van der Waals surface area contributed by atoms with Crippen LogP contribution in [0.4, 0.5) is 0 Å². The van der Waals surface area contributed by atoms with E-state index in [1.54, 1.807) is 26.0 Å². The molecule has 0 bridgehead atoms. The molecule has 2 saturated heterocycles. The van der Waals surface area contributed by atoms with Gasteiger partial charge in [-0.1, -0.05) is 59.8 Å². The van der Waals surface area contributed by atoms with Gasteiger partial charge in [-0.05, 0) is 67.9 Å². The summed E-state index contributed by atoms with van der Waals surface area (Å²) >= 11 is 0. The number of esters is 2. The molecule has 8 atom stereocenters. The van der Waals surface area contributed by atoms with E-state index in [1.165, 1.54) is 6.92 Å². The summed E-state index contributed by atoms with van der Waals surface area (Å²) in [6, 6.07) is 7.38. The SMILES string of the molecule is C=C[C@@]1(C)CC(=O)[C@]2(O)[C@@]3(C)[C@@H](O[Si](C)(C)C(C)(C)C)CCC(C)(C)[C@@H]3[C@H](OC(=O)c3cccc(CN4CCOCC4)c3)[C@H](OC(C)=O)[C@@]2(C)O1. The average molecular weight is 728 g/mol. The molecule has 4 aliphatic rings. The van der Waals surface area contributed by atoms with Crippen molar-refractivity contribution in [2.45, 2.75) is 141 Å². The molecule has 51 heavy (non-hydrogen) atoms. The Kier molecular flexibility index (Phi) is 10.5. The summed E-state index contributed by atoms with van der Waals surface area (Å²) in [4.78, 5) is 44.5. The quantitative estimate of drug-likeness (QED) is 0.187. The van der Waals surface area contributed by atoms with Crippen molar-refractivity contribution in [1.29, 1.82) is 0 Å². The van der Waals surface area contributed by atoms with Gasteiger partial charge in [0.15, 0.2) is 25.8 Å². The van der Waals surface area contributed by atoms with Gasteiger partial charge in [0.05, 0.1) is 30.5 Å². The molecule has 11 heteroatoms. The van der Waals surface area contributed by atoms with E-state index in [2.05, 4.69) is 59.2 Å². The fraction of sp³-hybridized carbons (Fsp3) is 0.725. The number of aliphatic hydroxyl groups is 1. The number of carbonyl (C=O) groups excluding carboxylic acids is 3. The number of benzene rings is 1. The van der Waals surface area contributed by atoms with Crippen molar-refractivity contribution < 1.29 is 42.9 Å². The number of morpholine rings is 1. The molecule has 2 aliphatic heterocycles. The number of hydrogen-bond acceptors (Lipinski definition) is 10. The van der Waals surface area contributed by atoms with Crippen LogP contribution in [-0.2, 0) is 39.5 Å². The normalized spacial score (nSPS) is 37.1. The average Bonchev–Trinajstić information content (AvgIpc) is 3.02. The van der Waals surface area contributed by atoms with Crippen LogP contribution in [0.25, 0.3) is 0 Å². The molecule has 4 fully saturated rings. The van der Waals surface area contributed by atoms with Crippen LogP contribution in [0.5, 0.6) is 0 Å². The van der Waals surface area contributed by atoms with Crippen LogP contribution in [0.3, 0.4) is 0 Å². The molecule has 0 aromatic heterocycles. The molecule has 5 rings (SSSR count). The van der Waals surface area contributed by atoms with Gasteiger partial charge in [-0.2, -0.15) is 0 Å². The summed E-state index contributed by atoms with van der Waals surface area (Å²) in [6.45, 7) is 29.0. The summed E-state index contributed by atoms with van der Waals surface area (Å²) in [7, 11) is -2.49. The molecule has 1 N–H and O–H groups in total. The maximum absolute atomic E-state index is 14.8. The zero-order valence-corrected chi connectivity index (χ0v) is 33.7. The standard InChI is InChI=1S/C40H61NO9Si/c1-13-37(8)24-29(43)40(45)38(9)30(49-51(11,12)35(3,4)5)17-18-36(6,7)32(38)31(33(47-26(2)42)39(40,10)50-37)48-34(44)28-16-14-15-27(23-28)25-41-19-21-46-22-20-41/h13-16,23,30-33,45H,1,17-22,24-25H2,2-12H3/t30-,31-,32-,33-,37-,38-,39+,40-/m0/s1. The highest BCUT2D eigenvalue weighted by molar-refractivity contribution is 6.74. The lowest BCUT2D eigenvalue weighted by molar-refractivity contribution is -0.368. The van der Waals surface area contributed by atoms with Crippen molar-refractivity contribution in [2.24, 2.45) is 16.7 Å². The van der Waals surface area contributed by atoms with Gasteiger partial charge in [-0.15, -0.1) is 6.58 Å². The molecule has 1 aromatic rings. The van der Waals surface area contributed by atoms with Crippen LogP contribution in [0, 0.1) is 16.7 Å². The molecule has 2 aliphatic carbocycles. The van der Waals surface area contributed by atoms with E-state index < -0.39 is 77.9 Å². The number of ketones is 1. The van der Waals surface area contributed by atoms with Crippen LogP contribution in [0.2, 0.25) is 18.1 Å². The summed E-state index contributed by atoms with van der Waals surface area (Å²) in [6.07, 6.45) is -0.407. The number of Topliss-reactive ketones (excluding diaryl/α,β-unsaturated/α-hetero) is 1. The summed E-state index contributed by atoms with van der Waals surface area (Å²) in [5, 5.41) is 13.3. The lowest BCUT2D eigenvalue weighted by Crippen LogP contribution is -2.87. The second kappa shape index (κ2) is 13.5. The predicted molar refractivity (Wildman–Crippen MR) is 197 cm³/mol. The third-order valence-electron chi connectivity index (χ3n) is 13.1. The number of rotatable bonds is 8. The monoisotopic (exact) mass is 727 g/mol. The first-order chi connectivity index (χ1) is 23.5. The minimum Gasteiger partial charge on any atom is -0.455 e. The van der Waals surface area contributed by atoms with Gasteiger partial charge in [-0.25, -0.2) is 4.79 Å². The molecule has 0 unspecified atom stereocenters. The molecule has 1 aromatic carbocycles. The number of hydrogen-bond donors (Lipinski definition) is 1. The molecule has 284 valence electrons. The Morgan fingerprint density at radius 3 is 2.33 bits per heavy atom. The summed E-state index contributed by atoms with van der Waals surface area (Å²) < 4.78 is 32.3. The molecule has 0 radical (unpaired) electrons. The van der Waals surface area contributed by atoms with Crippen molar-refractivity contribution in [3.8, 4) is 0 Å². The molecular formula is C40H61NO9Si. The number of carbonyl (C=O) groups is 3. The smallest absolute Gasteiger partial charge is 0.338 e. The van der Waals surface area contributed by atoms with E-state index in [1.807, 2.05) is 25.1 Å². The van der Waals surface area contributed by atoms with Crippen molar-refractivity contribution in [3.63, 3.8) is 0 Å². The lowest BCUT2D eigenvalue weighted by Gasteiger charge is -2.72. The fourth-order valence-electron chi connectivity index (χ4n) is 9.44. The fourth-order valence-corrected chi connectivity index (χ4v) is 10.9. The number of nitrogens with zero attached hydrogens (tertiary/aromatic N) is 1. The van der Waals surface area contributed by atoms with E-state index >= 15 is 0 Å². The first-order valence-corrected chi connectivity index (χ1v) is 21.4. The highest BCUT2D eigenvalue weighted by atomic mass is 28.4. The Labute approximate surface area is 305 Å². The minimum absolute atomic E-state index is 0.134. The lowest BCUT2D eigenvalue weighted by atomic mass is 9.39. The van der Waals surface area contributed by atoms with Gasteiger partial charge >= 0.3 is 11.9 Å². The summed E-state index contributed by atoms with van der Waals surface area (Å²) in [5.74, 6) is -2.36. The topological polar surface area (TPSA) is 121 Å². The second-order valence-corrected chi connectivity index (χ2v) is 22.9. The van der Waals surface area contributed by atoms with Gasteiger partial charge in [-0.3, -0.25) is 14.5 Å². The molecule has 0 amide bonds. The van der Waals surface area contributed by atoms with E-state index in [9.17, 15) is 19.5 Å². The van der Waals surface area contributed by atoms with Crippen molar-refractivity contribution >= 4 is 26.0 Å². The third-order valence-corrected chi connectivity index (χ3v) is 17.6. The largest absolute Gasteiger partial charge is 0.455 e. The molecule has 10 nitrogen and oxygen atoms in total. The first-order valence-electron chi connectivity index (χ1n) is 18.5. The van der Waals surface area contributed by atoms with E-state index in [0.29, 0.717) is 38.2 Å². The number of ether oxygens (including phenoxy) is 4. The Morgan fingerprint density at radius 1 is 1.10 bits per heavy atom. The van der Waals surface area contributed by atoms with Crippen LogP contribution in [0.15, 0.2) is 36.9 Å². The van der Waals surface area contributed by atoms with Crippen LogP contribution < -0.4 is 0 Å². The maximum atomic E-state index is 14.8. The highest BCUT2D eigenvalue weighted by Gasteiger charge is 2.82. The van der Waals surface area contributed by atoms with Gasteiger partial charge < -0.3 is 28.5 Å². The summed E-state index contributed by atoms with van der Waals surface area (Å²) in [5.41, 5.74) is -5.86. The molecule has 2 heterocycles. The highest BCUT2D eigenvalue weighted by Crippen LogP contribution is 2.68. The van der Waals surface area contributed by atoms with Gasteiger partial charge in [0.1, 0.15) is 11.7 Å². The maximum Gasteiger partial charge on any atom is 0.338 e. The van der Waals surface area contributed by atoms with Crippen LogP contribution >= 0.6 is 0 Å². The van der Waals surface area contributed by atoms with Crippen molar-refractivity contribution in [2.75, 3.05) is 26.3 Å². The van der Waals surface area contributed by atoms with Gasteiger partial charge in [0, 0.05) is 44.3 Å². The second-order valence-electron chi connectivity index (χ2n) is 18.2. The number of fused-ring (bicyclic) bond motifs is 3. The Morgan fingerprint density at radius 2 is 1.75 bits per heavy atom. The van der Waals surface area contributed by atoms with Gasteiger partial charge in [0.25, 0.3) is 0 Å². The van der Waals surface area contributed by atoms with Crippen molar-refractivity contribution in [3.05, 3.63) is 48.0 Å². The first kappa shape index (κ1) is 39.8. The Hall–Kier alpha value is -2.41. The molecule has 2 saturated carbocycles. The molecular weight excluding hydrogens is 667 g/mol. The van der Waals surface area contributed by atoms with E-state index in [4.69, 9.17) is 23.4 Å². The van der Waals surface area contributed by atoms with E-state index in [0.717, 1.165) is 18.7 Å². The van der Waals surface area contributed by atoms with E-state index in [-0.39, 0.29) is 11.5 Å².